The highest BCUT2D eigenvalue weighted by Gasteiger charge is 2.71. The number of allylic oxidation sites excluding steroid dienone is 1. The summed E-state index contributed by atoms with van der Waals surface area (Å²) in [6.07, 6.45) is -1.85. The van der Waals surface area contributed by atoms with Gasteiger partial charge in [-0.3, -0.25) is 4.79 Å². The molecule has 0 spiro atoms. The molecule has 8 atom stereocenters. The molecule has 0 aromatic rings. The van der Waals surface area contributed by atoms with E-state index in [1.165, 1.54) is 6.92 Å². The number of ether oxygens (including phenoxy) is 3. The Kier molecular flexibility index (Phi) is 6.24. The van der Waals surface area contributed by atoms with Crippen molar-refractivity contribution in [3.63, 3.8) is 0 Å². The van der Waals surface area contributed by atoms with Gasteiger partial charge < -0.3 is 19.5 Å². The predicted octanol–water partition coefficient (Wildman–Crippen LogP) is 4.77. The molecule has 1 N–H and O–H groups in total. The molecule has 5 nitrogen and oxygen atoms in total. The number of amides is 1. The fourth-order valence-corrected chi connectivity index (χ4v) is 6.05. The van der Waals surface area contributed by atoms with Gasteiger partial charge in [0, 0.05) is 11.8 Å². The number of hydrogen-bond donors (Lipinski definition) is 1. The van der Waals surface area contributed by atoms with E-state index in [0.29, 0.717) is 12.3 Å². The van der Waals surface area contributed by atoms with Crippen LogP contribution in [-0.2, 0) is 19.0 Å². The molecular formula is C22H34F3NO4. The van der Waals surface area contributed by atoms with Crippen LogP contribution in [-0.4, -0.2) is 36.3 Å². The number of hydrogen-bond acceptors (Lipinski definition) is 4. The zero-order valence-corrected chi connectivity index (χ0v) is 18.5. The van der Waals surface area contributed by atoms with Crippen LogP contribution in [0.2, 0.25) is 0 Å². The van der Waals surface area contributed by atoms with Crippen molar-refractivity contribution in [1.29, 1.82) is 0 Å². The number of alkyl halides is 3. The standard InChI is InChI=1S/C22H34F3NO4/c1-12(2)28-11-18(27)26-21(22(23,24)25)15(5)17-9-7-13(3)16-10-8-14(4)29-20(6,30-21)19(16)17/h13-17,19H,1,7-11H2,2-6H3,(H,26,27). The molecule has 1 aliphatic carbocycles. The van der Waals surface area contributed by atoms with Gasteiger partial charge >= 0.3 is 6.18 Å². The summed E-state index contributed by atoms with van der Waals surface area (Å²) < 4.78 is 60.8. The van der Waals surface area contributed by atoms with E-state index in [0.717, 1.165) is 19.3 Å². The summed E-state index contributed by atoms with van der Waals surface area (Å²) in [5.41, 5.74) is -2.84. The Balaban J connectivity index is 2.02. The number of carbonyl (C=O) groups excluding carboxylic acids is 1. The molecule has 3 fully saturated rings. The van der Waals surface area contributed by atoms with Crippen molar-refractivity contribution in [2.75, 3.05) is 6.61 Å². The molecule has 8 heteroatoms. The predicted molar refractivity (Wildman–Crippen MR) is 105 cm³/mol. The molecule has 1 saturated carbocycles. The maximum absolute atomic E-state index is 14.6. The first-order valence-corrected chi connectivity index (χ1v) is 10.8. The molecular weight excluding hydrogens is 399 g/mol. The minimum atomic E-state index is -4.82. The summed E-state index contributed by atoms with van der Waals surface area (Å²) in [7, 11) is 0. The SMILES string of the molecule is C=C(C)OCC(=O)NC1(C(F)(F)F)OC2(C)OC(C)CCC3C(C)CCC(C32)C1C. The first kappa shape index (κ1) is 23.4. The van der Waals surface area contributed by atoms with Crippen LogP contribution in [0.4, 0.5) is 13.2 Å². The zero-order chi connectivity index (χ0) is 22.5. The lowest BCUT2D eigenvalue weighted by Crippen LogP contribution is -2.75. The van der Waals surface area contributed by atoms with Crippen LogP contribution >= 0.6 is 0 Å². The van der Waals surface area contributed by atoms with E-state index in [9.17, 15) is 18.0 Å². The van der Waals surface area contributed by atoms with Gasteiger partial charge in [-0.05, 0) is 57.8 Å². The molecule has 2 saturated heterocycles. The van der Waals surface area contributed by atoms with Crippen molar-refractivity contribution in [2.24, 2.45) is 29.6 Å². The lowest BCUT2D eigenvalue weighted by atomic mass is 9.57. The average molecular weight is 434 g/mol. The Bertz CT molecular complexity index is 684. The van der Waals surface area contributed by atoms with Crippen molar-refractivity contribution in [1.82, 2.24) is 5.32 Å². The summed E-state index contributed by atoms with van der Waals surface area (Å²) in [5.74, 6) is -2.85. The second-order valence-corrected chi connectivity index (χ2v) is 9.59. The fourth-order valence-electron chi connectivity index (χ4n) is 6.05. The van der Waals surface area contributed by atoms with E-state index < -0.39 is 36.1 Å². The lowest BCUT2D eigenvalue weighted by molar-refractivity contribution is -0.433. The van der Waals surface area contributed by atoms with Gasteiger partial charge in [-0.1, -0.05) is 26.8 Å². The maximum Gasteiger partial charge on any atom is 0.437 e. The molecule has 1 amide bonds. The van der Waals surface area contributed by atoms with Crippen molar-refractivity contribution in [2.45, 2.75) is 84.1 Å². The second-order valence-electron chi connectivity index (χ2n) is 9.59. The largest absolute Gasteiger partial charge is 0.489 e. The van der Waals surface area contributed by atoms with Crippen LogP contribution in [0.25, 0.3) is 0 Å². The number of rotatable bonds is 4. The van der Waals surface area contributed by atoms with Gasteiger partial charge in [0.15, 0.2) is 12.4 Å². The van der Waals surface area contributed by atoms with Crippen LogP contribution < -0.4 is 5.32 Å². The van der Waals surface area contributed by atoms with Crippen molar-refractivity contribution < 1.29 is 32.2 Å². The number of halogens is 3. The van der Waals surface area contributed by atoms with E-state index >= 15 is 0 Å². The molecule has 172 valence electrons. The monoisotopic (exact) mass is 433 g/mol. The summed E-state index contributed by atoms with van der Waals surface area (Å²) >= 11 is 0. The zero-order valence-electron chi connectivity index (χ0n) is 18.5. The average Bonchev–Trinajstić information content (AvgIpc) is 2.74. The molecule has 0 radical (unpaired) electrons. The summed E-state index contributed by atoms with van der Waals surface area (Å²) in [6.45, 7) is 11.7. The van der Waals surface area contributed by atoms with E-state index in [1.807, 2.05) is 6.92 Å². The third-order valence-corrected chi connectivity index (χ3v) is 7.40. The van der Waals surface area contributed by atoms with Gasteiger partial charge in [0.05, 0.1) is 11.9 Å². The van der Waals surface area contributed by atoms with Gasteiger partial charge in [0.1, 0.15) is 0 Å². The Morgan fingerprint density at radius 1 is 1.17 bits per heavy atom. The Morgan fingerprint density at radius 2 is 1.80 bits per heavy atom. The van der Waals surface area contributed by atoms with E-state index in [-0.39, 0.29) is 29.6 Å². The molecule has 3 aliphatic rings. The first-order chi connectivity index (χ1) is 13.8. The van der Waals surface area contributed by atoms with E-state index in [2.05, 4.69) is 18.8 Å². The quantitative estimate of drug-likeness (QED) is 0.649. The van der Waals surface area contributed by atoms with Gasteiger partial charge in [-0.15, -0.1) is 0 Å². The van der Waals surface area contributed by atoms with Crippen molar-refractivity contribution in [3.05, 3.63) is 12.3 Å². The Morgan fingerprint density at radius 3 is 2.40 bits per heavy atom. The van der Waals surface area contributed by atoms with Crippen LogP contribution in [0.5, 0.6) is 0 Å². The van der Waals surface area contributed by atoms with E-state index in [4.69, 9.17) is 14.2 Å². The first-order valence-electron chi connectivity index (χ1n) is 10.8. The van der Waals surface area contributed by atoms with Gasteiger partial charge in [-0.2, -0.15) is 13.2 Å². The molecule has 0 bridgehead atoms. The van der Waals surface area contributed by atoms with Crippen LogP contribution in [0.3, 0.4) is 0 Å². The van der Waals surface area contributed by atoms with Gasteiger partial charge in [0.25, 0.3) is 5.91 Å². The Labute approximate surface area is 176 Å². The highest BCUT2D eigenvalue weighted by atomic mass is 19.4. The highest BCUT2D eigenvalue weighted by Crippen LogP contribution is 2.60. The van der Waals surface area contributed by atoms with Crippen molar-refractivity contribution in [3.8, 4) is 0 Å². The van der Waals surface area contributed by atoms with Crippen molar-refractivity contribution >= 4 is 5.91 Å². The lowest BCUT2D eigenvalue weighted by Gasteiger charge is -2.60. The van der Waals surface area contributed by atoms with Gasteiger partial charge in [0.2, 0.25) is 5.72 Å². The molecule has 30 heavy (non-hydrogen) atoms. The third kappa shape index (κ3) is 3.97. The topological polar surface area (TPSA) is 56.8 Å². The normalized spacial score (nSPS) is 43.9. The van der Waals surface area contributed by atoms with Crippen LogP contribution in [0, 0.1) is 29.6 Å². The van der Waals surface area contributed by atoms with Gasteiger partial charge in [-0.25, -0.2) is 0 Å². The van der Waals surface area contributed by atoms with Crippen LogP contribution in [0.15, 0.2) is 12.3 Å². The molecule has 3 rings (SSSR count). The number of nitrogens with one attached hydrogen (secondary N) is 1. The fraction of sp³-hybridized carbons (Fsp3) is 0.864. The second kappa shape index (κ2) is 8.01. The minimum Gasteiger partial charge on any atom is -0.489 e. The molecule has 8 unspecified atom stereocenters. The minimum absolute atomic E-state index is 0.153. The summed E-state index contributed by atoms with van der Waals surface area (Å²) in [5, 5.41) is 2.15. The summed E-state index contributed by atoms with van der Waals surface area (Å²) in [4.78, 5) is 12.4. The summed E-state index contributed by atoms with van der Waals surface area (Å²) in [6, 6.07) is 0. The molecule has 0 aromatic carbocycles. The molecule has 0 aromatic heterocycles. The van der Waals surface area contributed by atoms with Crippen LogP contribution in [0.1, 0.15) is 60.3 Å². The Hall–Kier alpha value is -1.28. The smallest absolute Gasteiger partial charge is 0.437 e. The molecule has 2 aliphatic heterocycles. The van der Waals surface area contributed by atoms with E-state index in [1.54, 1.807) is 13.8 Å². The number of carbonyl (C=O) groups is 1. The third-order valence-electron chi connectivity index (χ3n) is 7.40. The highest BCUT2D eigenvalue weighted by molar-refractivity contribution is 5.78. The molecule has 2 heterocycles. The maximum atomic E-state index is 14.6.